The predicted octanol–water partition coefficient (Wildman–Crippen LogP) is 0.466. The Morgan fingerprint density at radius 3 is 2.68 bits per heavy atom. The summed E-state index contributed by atoms with van der Waals surface area (Å²) in [6, 6.07) is 1.82. The summed E-state index contributed by atoms with van der Waals surface area (Å²) in [5, 5.41) is 2.80. The van der Waals surface area contributed by atoms with Crippen molar-refractivity contribution in [2.75, 3.05) is 48.7 Å². The number of rotatable bonds is 5. The molecule has 1 fully saturated rings. The van der Waals surface area contributed by atoms with Crippen LogP contribution in [0.5, 0.6) is 0 Å². The average molecular weight is 449 g/mol. The van der Waals surface area contributed by atoms with Crippen molar-refractivity contribution in [1.82, 2.24) is 19.9 Å². The van der Waals surface area contributed by atoms with Gasteiger partial charge in [0.15, 0.2) is 11.5 Å². The fraction of sp³-hybridized carbons (Fsp3) is 0.353. The first-order valence-corrected chi connectivity index (χ1v) is 9.55. The topological polar surface area (TPSA) is 143 Å². The third-order valence-electron chi connectivity index (χ3n) is 4.36. The molecule has 1 saturated heterocycles. The third-order valence-corrected chi connectivity index (χ3v) is 4.75. The zero-order chi connectivity index (χ0) is 20.1. The summed E-state index contributed by atoms with van der Waals surface area (Å²) in [6.07, 6.45) is 5.00. The molecule has 0 atom stereocenters. The molecule has 3 rings (SSSR count). The summed E-state index contributed by atoms with van der Waals surface area (Å²) >= 11 is 3.19. The van der Waals surface area contributed by atoms with Gasteiger partial charge in [0, 0.05) is 45.3 Å². The zero-order valence-electron chi connectivity index (χ0n) is 15.1. The second-order valence-corrected chi connectivity index (χ2v) is 6.99. The van der Waals surface area contributed by atoms with Crippen molar-refractivity contribution in [2.24, 2.45) is 5.73 Å². The summed E-state index contributed by atoms with van der Waals surface area (Å²) in [5.41, 5.74) is 12.6. The van der Waals surface area contributed by atoms with Crippen molar-refractivity contribution in [3.05, 3.63) is 35.0 Å². The highest BCUT2D eigenvalue weighted by atomic mass is 79.9. The van der Waals surface area contributed by atoms with Crippen molar-refractivity contribution < 1.29 is 9.59 Å². The van der Waals surface area contributed by atoms with Gasteiger partial charge in [-0.3, -0.25) is 14.6 Å². The van der Waals surface area contributed by atoms with Crippen molar-refractivity contribution in [1.29, 1.82) is 0 Å². The Hall–Kier alpha value is -2.79. The van der Waals surface area contributed by atoms with Gasteiger partial charge in [0.2, 0.25) is 5.91 Å². The summed E-state index contributed by atoms with van der Waals surface area (Å²) in [5.74, 6) is -0.371. The summed E-state index contributed by atoms with van der Waals surface area (Å²) in [7, 11) is 0. The number of piperazine rings is 1. The number of nitrogen functional groups attached to an aromatic ring is 1. The van der Waals surface area contributed by atoms with Crippen molar-refractivity contribution in [3.8, 4) is 0 Å². The molecule has 0 saturated carbocycles. The molecule has 0 radical (unpaired) electrons. The van der Waals surface area contributed by atoms with Crippen LogP contribution < -0.4 is 21.7 Å². The van der Waals surface area contributed by atoms with Gasteiger partial charge >= 0.3 is 0 Å². The quantitative estimate of drug-likeness (QED) is 0.598. The van der Waals surface area contributed by atoms with E-state index in [4.69, 9.17) is 11.5 Å². The number of carbonyl (C=O) groups is 2. The molecule has 2 amide bonds. The monoisotopic (exact) mass is 448 g/mol. The van der Waals surface area contributed by atoms with Crippen LogP contribution in [0.2, 0.25) is 0 Å². The molecule has 0 bridgehead atoms. The Morgan fingerprint density at radius 2 is 1.96 bits per heavy atom. The molecule has 1 aliphatic rings. The SMILES string of the molecule is NCCC(=O)N1CCN(c2ccncc2NC(=O)c2nc(Br)cnc2N)CC1. The summed E-state index contributed by atoms with van der Waals surface area (Å²) in [6.45, 7) is 2.82. The third kappa shape index (κ3) is 4.54. The van der Waals surface area contributed by atoms with Crippen LogP contribution in [0.25, 0.3) is 0 Å². The van der Waals surface area contributed by atoms with Crippen molar-refractivity contribution in [2.45, 2.75) is 6.42 Å². The fourth-order valence-corrected chi connectivity index (χ4v) is 3.24. The van der Waals surface area contributed by atoms with Gasteiger partial charge in [-0.25, -0.2) is 9.97 Å². The number of nitrogens with one attached hydrogen (secondary N) is 1. The highest BCUT2D eigenvalue weighted by Gasteiger charge is 2.23. The van der Waals surface area contributed by atoms with Gasteiger partial charge in [-0.05, 0) is 22.0 Å². The lowest BCUT2D eigenvalue weighted by atomic mass is 10.2. The second kappa shape index (κ2) is 8.93. The number of carbonyl (C=O) groups excluding carboxylic acids is 2. The van der Waals surface area contributed by atoms with E-state index in [1.165, 1.54) is 6.20 Å². The van der Waals surface area contributed by atoms with Crippen LogP contribution in [0.4, 0.5) is 17.2 Å². The predicted molar refractivity (Wildman–Crippen MR) is 109 cm³/mol. The first kappa shape index (κ1) is 20.0. The molecule has 0 unspecified atom stereocenters. The highest BCUT2D eigenvalue weighted by molar-refractivity contribution is 9.10. The molecule has 0 aliphatic carbocycles. The smallest absolute Gasteiger partial charge is 0.278 e. The summed E-state index contributed by atoms with van der Waals surface area (Å²) < 4.78 is 0.413. The van der Waals surface area contributed by atoms with Crippen LogP contribution in [-0.4, -0.2) is 64.4 Å². The number of amides is 2. The van der Waals surface area contributed by atoms with Crippen LogP contribution in [0.15, 0.2) is 29.3 Å². The molecule has 10 nitrogen and oxygen atoms in total. The van der Waals surface area contributed by atoms with Crippen LogP contribution >= 0.6 is 15.9 Å². The molecule has 0 aromatic carbocycles. The van der Waals surface area contributed by atoms with E-state index in [0.717, 1.165) is 5.69 Å². The lowest BCUT2D eigenvalue weighted by Crippen LogP contribution is -2.49. The zero-order valence-corrected chi connectivity index (χ0v) is 16.7. The first-order valence-electron chi connectivity index (χ1n) is 8.75. The number of anilines is 3. The molecule has 2 aromatic rings. The van der Waals surface area contributed by atoms with Gasteiger partial charge in [0.05, 0.1) is 23.8 Å². The number of hydrogen-bond donors (Lipinski definition) is 3. The fourth-order valence-electron chi connectivity index (χ4n) is 2.96. The molecular weight excluding hydrogens is 428 g/mol. The van der Waals surface area contributed by atoms with Gasteiger partial charge in [-0.2, -0.15) is 0 Å². The molecular formula is C17H21BrN8O2. The molecule has 11 heteroatoms. The summed E-state index contributed by atoms with van der Waals surface area (Å²) in [4.78, 5) is 40.6. The van der Waals surface area contributed by atoms with Gasteiger partial charge in [0.25, 0.3) is 5.91 Å². The van der Waals surface area contributed by atoms with Crippen molar-refractivity contribution >= 4 is 44.9 Å². The number of aromatic nitrogens is 3. The molecule has 3 heterocycles. The minimum absolute atomic E-state index is 0.0291. The Labute approximate surface area is 170 Å². The normalized spacial score (nSPS) is 14.1. The maximum absolute atomic E-state index is 12.6. The Balaban J connectivity index is 1.73. The van der Waals surface area contributed by atoms with E-state index in [0.29, 0.717) is 49.4 Å². The molecule has 148 valence electrons. The van der Waals surface area contributed by atoms with E-state index in [1.54, 1.807) is 17.3 Å². The van der Waals surface area contributed by atoms with E-state index >= 15 is 0 Å². The maximum atomic E-state index is 12.6. The molecule has 2 aromatic heterocycles. The highest BCUT2D eigenvalue weighted by Crippen LogP contribution is 2.26. The van der Waals surface area contributed by atoms with Gasteiger partial charge in [0.1, 0.15) is 4.60 Å². The number of halogens is 1. The Morgan fingerprint density at radius 1 is 1.21 bits per heavy atom. The molecule has 5 N–H and O–H groups in total. The van der Waals surface area contributed by atoms with Crippen LogP contribution in [0.1, 0.15) is 16.9 Å². The second-order valence-electron chi connectivity index (χ2n) is 6.18. The van der Waals surface area contributed by atoms with Crippen LogP contribution in [-0.2, 0) is 4.79 Å². The Bertz CT molecular complexity index is 870. The van der Waals surface area contributed by atoms with Gasteiger partial charge in [-0.1, -0.05) is 0 Å². The van der Waals surface area contributed by atoms with E-state index in [-0.39, 0.29) is 17.4 Å². The maximum Gasteiger partial charge on any atom is 0.278 e. The van der Waals surface area contributed by atoms with Crippen LogP contribution in [0, 0.1) is 0 Å². The molecule has 28 heavy (non-hydrogen) atoms. The van der Waals surface area contributed by atoms with E-state index in [2.05, 4.69) is 41.1 Å². The number of nitrogens with two attached hydrogens (primary N) is 2. The first-order chi connectivity index (χ1) is 13.5. The van der Waals surface area contributed by atoms with E-state index in [1.807, 2.05) is 6.07 Å². The minimum atomic E-state index is -0.475. The lowest BCUT2D eigenvalue weighted by molar-refractivity contribution is -0.131. The van der Waals surface area contributed by atoms with E-state index in [9.17, 15) is 9.59 Å². The van der Waals surface area contributed by atoms with Gasteiger partial charge < -0.3 is 26.6 Å². The standard InChI is InChI=1S/C17H21BrN8O2/c18-13-10-22-16(20)15(24-13)17(28)23-11-9-21-4-2-12(11)25-5-7-26(8-6-25)14(27)1-3-19/h2,4,9-10H,1,3,5-8,19H2,(H2,20,22)(H,23,28). The molecule has 0 spiro atoms. The Kier molecular flexibility index (Phi) is 6.37. The van der Waals surface area contributed by atoms with Crippen molar-refractivity contribution in [3.63, 3.8) is 0 Å². The number of hydrogen-bond acceptors (Lipinski definition) is 8. The van der Waals surface area contributed by atoms with Crippen LogP contribution in [0.3, 0.4) is 0 Å². The van der Waals surface area contributed by atoms with E-state index < -0.39 is 5.91 Å². The largest absolute Gasteiger partial charge is 0.382 e. The average Bonchev–Trinajstić information content (AvgIpc) is 2.70. The lowest BCUT2D eigenvalue weighted by Gasteiger charge is -2.36. The molecule has 1 aliphatic heterocycles. The minimum Gasteiger partial charge on any atom is -0.382 e. The van der Waals surface area contributed by atoms with Gasteiger partial charge in [-0.15, -0.1) is 0 Å². The number of pyridine rings is 1. The number of nitrogens with zero attached hydrogens (tertiary/aromatic N) is 5.